The van der Waals surface area contributed by atoms with Crippen LogP contribution in [0.25, 0.3) is 0 Å². The van der Waals surface area contributed by atoms with E-state index in [1.165, 1.54) is 0 Å². The smallest absolute Gasteiger partial charge is 0.324 e. The Hall–Kier alpha value is -2.82. The predicted molar refractivity (Wildman–Crippen MR) is 100 cm³/mol. The predicted octanol–water partition coefficient (Wildman–Crippen LogP) is 3.49. The zero-order valence-corrected chi connectivity index (χ0v) is 14.9. The molecule has 0 bridgehead atoms. The molecule has 1 saturated heterocycles. The number of hydrogen-bond donors (Lipinski definition) is 1. The Labute approximate surface area is 148 Å². The maximum atomic E-state index is 12.6. The van der Waals surface area contributed by atoms with E-state index in [0.717, 1.165) is 28.1 Å². The molecule has 0 atom stereocenters. The normalized spacial score (nSPS) is 14.1. The third kappa shape index (κ3) is 3.82. The number of hydrogen-bond acceptors (Lipinski definition) is 2. The van der Waals surface area contributed by atoms with Gasteiger partial charge in [0.05, 0.1) is 0 Å². The van der Waals surface area contributed by atoms with Gasteiger partial charge in [-0.15, -0.1) is 0 Å². The van der Waals surface area contributed by atoms with Crippen LogP contribution in [0.15, 0.2) is 42.5 Å². The van der Waals surface area contributed by atoms with Gasteiger partial charge in [0.1, 0.15) is 6.54 Å². The first kappa shape index (κ1) is 17.0. The molecule has 1 N–H and O–H groups in total. The second kappa shape index (κ2) is 6.97. The Balaban J connectivity index is 1.63. The number of amides is 3. The number of rotatable bonds is 4. The van der Waals surface area contributed by atoms with Crippen LogP contribution >= 0.6 is 0 Å². The quantitative estimate of drug-likeness (QED) is 0.928. The van der Waals surface area contributed by atoms with Gasteiger partial charge in [-0.1, -0.05) is 29.8 Å². The number of benzene rings is 2. The van der Waals surface area contributed by atoms with Crippen LogP contribution < -0.4 is 10.2 Å². The SMILES string of the molecule is Cc1ccc(N2CCN(CC(=O)Nc3cc(C)ccc3C)C2=O)cc1. The van der Waals surface area contributed by atoms with E-state index < -0.39 is 0 Å². The van der Waals surface area contributed by atoms with Crippen molar-refractivity contribution in [3.63, 3.8) is 0 Å². The van der Waals surface area contributed by atoms with Crippen molar-refractivity contribution < 1.29 is 9.59 Å². The van der Waals surface area contributed by atoms with E-state index in [2.05, 4.69) is 5.32 Å². The number of carbonyl (C=O) groups excluding carboxylic acids is 2. The van der Waals surface area contributed by atoms with Crippen LogP contribution in [0.3, 0.4) is 0 Å². The standard InChI is InChI=1S/C20H23N3O2/c1-14-5-8-17(9-6-14)23-11-10-22(20(23)25)13-19(24)21-18-12-15(2)4-7-16(18)3/h4-9,12H,10-11,13H2,1-3H3,(H,21,24). The molecule has 0 aromatic heterocycles. The van der Waals surface area contributed by atoms with Crippen molar-refractivity contribution in [3.05, 3.63) is 59.2 Å². The lowest BCUT2D eigenvalue weighted by Gasteiger charge is -2.19. The summed E-state index contributed by atoms with van der Waals surface area (Å²) >= 11 is 0. The highest BCUT2D eigenvalue weighted by Crippen LogP contribution is 2.21. The van der Waals surface area contributed by atoms with Gasteiger partial charge >= 0.3 is 6.03 Å². The van der Waals surface area contributed by atoms with Gasteiger partial charge in [-0.3, -0.25) is 9.69 Å². The minimum atomic E-state index is -0.173. The summed E-state index contributed by atoms with van der Waals surface area (Å²) in [6.45, 7) is 7.16. The molecule has 1 fully saturated rings. The van der Waals surface area contributed by atoms with E-state index in [1.54, 1.807) is 9.80 Å². The highest BCUT2D eigenvalue weighted by atomic mass is 16.2. The molecule has 1 aliphatic heterocycles. The maximum absolute atomic E-state index is 12.6. The number of aryl methyl sites for hydroxylation is 3. The fraction of sp³-hybridized carbons (Fsp3) is 0.300. The van der Waals surface area contributed by atoms with Gasteiger partial charge in [0, 0.05) is 24.5 Å². The molecule has 0 saturated carbocycles. The minimum Gasteiger partial charge on any atom is -0.324 e. The summed E-state index contributed by atoms with van der Waals surface area (Å²) in [5.41, 5.74) is 4.91. The lowest BCUT2D eigenvalue weighted by atomic mass is 10.1. The first-order chi connectivity index (χ1) is 11.9. The number of carbonyl (C=O) groups is 2. The van der Waals surface area contributed by atoms with Crippen molar-refractivity contribution in [1.29, 1.82) is 0 Å². The van der Waals surface area contributed by atoms with Crippen molar-refractivity contribution in [2.75, 3.05) is 29.9 Å². The zero-order valence-electron chi connectivity index (χ0n) is 14.9. The monoisotopic (exact) mass is 337 g/mol. The summed E-state index contributed by atoms with van der Waals surface area (Å²) in [5, 5.41) is 2.91. The van der Waals surface area contributed by atoms with Crippen molar-refractivity contribution in [2.45, 2.75) is 20.8 Å². The lowest BCUT2D eigenvalue weighted by Crippen LogP contribution is -2.37. The molecule has 3 amide bonds. The van der Waals surface area contributed by atoms with E-state index in [-0.39, 0.29) is 18.5 Å². The third-order valence-electron chi connectivity index (χ3n) is 4.44. The molecule has 130 valence electrons. The van der Waals surface area contributed by atoms with E-state index >= 15 is 0 Å². The molecular formula is C20H23N3O2. The first-order valence-electron chi connectivity index (χ1n) is 8.44. The Bertz CT molecular complexity index is 799. The van der Waals surface area contributed by atoms with Gasteiger partial charge in [-0.2, -0.15) is 0 Å². The van der Waals surface area contributed by atoms with Crippen LogP contribution in [-0.4, -0.2) is 36.5 Å². The fourth-order valence-corrected chi connectivity index (χ4v) is 2.93. The summed E-state index contributed by atoms with van der Waals surface area (Å²) in [5.74, 6) is -0.173. The molecule has 2 aromatic rings. The fourth-order valence-electron chi connectivity index (χ4n) is 2.93. The molecule has 0 spiro atoms. The minimum absolute atomic E-state index is 0.0641. The van der Waals surface area contributed by atoms with Crippen molar-refractivity contribution >= 4 is 23.3 Å². The van der Waals surface area contributed by atoms with Crippen molar-refractivity contribution in [2.24, 2.45) is 0 Å². The van der Waals surface area contributed by atoms with E-state index in [9.17, 15) is 9.59 Å². The Morgan fingerprint density at radius 3 is 2.40 bits per heavy atom. The van der Waals surface area contributed by atoms with Crippen LogP contribution in [0.5, 0.6) is 0 Å². The Kier molecular flexibility index (Phi) is 4.74. The van der Waals surface area contributed by atoms with Crippen LogP contribution in [0.1, 0.15) is 16.7 Å². The second-order valence-electron chi connectivity index (χ2n) is 6.56. The summed E-state index contributed by atoms with van der Waals surface area (Å²) in [6.07, 6.45) is 0. The van der Waals surface area contributed by atoms with Crippen molar-refractivity contribution in [3.8, 4) is 0 Å². The second-order valence-corrected chi connectivity index (χ2v) is 6.56. The molecule has 0 aliphatic carbocycles. The van der Waals surface area contributed by atoms with E-state index in [4.69, 9.17) is 0 Å². The summed E-state index contributed by atoms with van der Waals surface area (Å²) in [6, 6.07) is 13.6. The van der Waals surface area contributed by atoms with E-state index in [0.29, 0.717) is 13.1 Å². The molecule has 5 heteroatoms. The van der Waals surface area contributed by atoms with Gasteiger partial charge in [0.25, 0.3) is 0 Å². The summed E-state index contributed by atoms with van der Waals surface area (Å²) in [4.78, 5) is 28.2. The number of anilines is 2. The topological polar surface area (TPSA) is 52.6 Å². The maximum Gasteiger partial charge on any atom is 0.325 e. The van der Waals surface area contributed by atoms with Crippen molar-refractivity contribution in [1.82, 2.24) is 4.90 Å². The first-order valence-corrected chi connectivity index (χ1v) is 8.44. The molecular weight excluding hydrogens is 314 g/mol. The average Bonchev–Trinajstić information content (AvgIpc) is 2.92. The summed E-state index contributed by atoms with van der Waals surface area (Å²) < 4.78 is 0. The van der Waals surface area contributed by atoms with Crippen LogP contribution in [0, 0.1) is 20.8 Å². The molecule has 0 unspecified atom stereocenters. The highest BCUT2D eigenvalue weighted by Gasteiger charge is 2.30. The van der Waals surface area contributed by atoms with Crippen LogP contribution in [0.2, 0.25) is 0 Å². The highest BCUT2D eigenvalue weighted by molar-refractivity contribution is 5.99. The number of nitrogens with one attached hydrogen (secondary N) is 1. The largest absolute Gasteiger partial charge is 0.325 e. The Morgan fingerprint density at radius 1 is 1.00 bits per heavy atom. The number of nitrogens with zero attached hydrogens (tertiary/aromatic N) is 2. The van der Waals surface area contributed by atoms with E-state index in [1.807, 2.05) is 63.2 Å². The van der Waals surface area contributed by atoms with Gasteiger partial charge in [0.15, 0.2) is 0 Å². The van der Waals surface area contributed by atoms with Gasteiger partial charge in [-0.05, 0) is 50.1 Å². The van der Waals surface area contributed by atoms with Gasteiger partial charge in [-0.25, -0.2) is 4.79 Å². The van der Waals surface area contributed by atoms with Crippen LogP contribution in [0.4, 0.5) is 16.2 Å². The molecule has 1 heterocycles. The van der Waals surface area contributed by atoms with Crippen LogP contribution in [-0.2, 0) is 4.79 Å². The molecule has 5 nitrogen and oxygen atoms in total. The molecule has 0 radical (unpaired) electrons. The molecule has 1 aliphatic rings. The average molecular weight is 337 g/mol. The molecule has 2 aromatic carbocycles. The lowest BCUT2D eigenvalue weighted by molar-refractivity contribution is -0.116. The van der Waals surface area contributed by atoms with Gasteiger partial charge in [0.2, 0.25) is 5.91 Å². The number of urea groups is 1. The third-order valence-corrected chi connectivity index (χ3v) is 4.44. The Morgan fingerprint density at radius 2 is 1.68 bits per heavy atom. The molecule has 3 rings (SSSR count). The molecule has 25 heavy (non-hydrogen) atoms. The van der Waals surface area contributed by atoms with Gasteiger partial charge < -0.3 is 10.2 Å². The summed E-state index contributed by atoms with van der Waals surface area (Å²) in [7, 11) is 0. The zero-order chi connectivity index (χ0) is 18.0.